The van der Waals surface area contributed by atoms with Crippen molar-refractivity contribution in [2.45, 2.75) is 132 Å². The molecule has 0 bridgehead atoms. The molecule has 4 saturated carbocycles. The SMILES string of the molecule is CC(C)=CCC[C@](C)(O)C1CC[C@]2(C)C1C(O)CC1C3(C)CCC(C)C(C)(C)C3CCC12C.SSSSSSSSSSSSSSSSSSSS. The van der Waals surface area contributed by atoms with Crippen molar-refractivity contribution < 1.29 is 10.2 Å². The van der Waals surface area contributed by atoms with Crippen LogP contribution in [0, 0.1) is 51.2 Å². The molecule has 0 heterocycles. The molecule has 10 atom stereocenters. The Balaban J connectivity index is 0.000000327. The van der Waals surface area contributed by atoms with Gasteiger partial charge >= 0.3 is 0 Å². The van der Waals surface area contributed by atoms with Crippen LogP contribution >= 0.6 is 200 Å². The zero-order chi connectivity index (χ0) is 39.3. The summed E-state index contributed by atoms with van der Waals surface area (Å²) in [5.41, 5.74) is 1.68. The van der Waals surface area contributed by atoms with Crippen LogP contribution in [-0.4, -0.2) is 21.9 Å². The molecule has 4 aliphatic rings. The second-order valence-electron chi connectivity index (χ2n) is 16.1. The minimum Gasteiger partial charge on any atom is -0.393 e. The van der Waals surface area contributed by atoms with E-state index in [0.29, 0.717) is 16.7 Å². The van der Waals surface area contributed by atoms with Crippen molar-refractivity contribution in [1.82, 2.24) is 0 Å². The summed E-state index contributed by atoms with van der Waals surface area (Å²) in [6.07, 6.45) is 12.1. The Bertz CT molecular complexity index is 1080. The highest BCUT2D eigenvalue weighted by atomic mass is 34.1. The van der Waals surface area contributed by atoms with Gasteiger partial charge in [-0.1, -0.05) is 76.5 Å². The molecule has 4 aliphatic carbocycles. The topological polar surface area (TPSA) is 40.5 Å². The average Bonchev–Trinajstić information content (AvgIpc) is 3.48. The highest BCUT2D eigenvalue weighted by Gasteiger charge is 2.71. The molecule has 4 fully saturated rings. The summed E-state index contributed by atoms with van der Waals surface area (Å²) in [7, 11) is 31.4. The van der Waals surface area contributed by atoms with Crippen LogP contribution in [0.2, 0.25) is 0 Å². The highest BCUT2D eigenvalue weighted by molar-refractivity contribution is 9.58. The number of hydrogen-bond acceptors (Lipinski definition) is 22. The minimum absolute atomic E-state index is 0.113. The van der Waals surface area contributed by atoms with E-state index in [0.717, 1.165) is 43.9 Å². The predicted molar refractivity (Wildman–Crippen MR) is 293 cm³/mol. The Kier molecular flexibility index (Phi) is 27.1. The van der Waals surface area contributed by atoms with Gasteiger partial charge in [-0.05, 0) is 287 Å². The Morgan fingerprint density at radius 2 is 1.13 bits per heavy atom. The lowest BCUT2D eigenvalue weighted by Crippen LogP contribution is -2.66. The largest absolute Gasteiger partial charge is 0.393 e. The molecule has 0 radical (unpaired) electrons. The Hall–Kier alpha value is 6.66. The fraction of sp³-hybridized carbons (Fsp3) is 0.935. The zero-order valence-corrected chi connectivity index (χ0v) is 48.0. The summed E-state index contributed by atoms with van der Waals surface area (Å²) < 4.78 is 0. The van der Waals surface area contributed by atoms with E-state index < -0.39 is 5.60 Å². The molecule has 2 nitrogen and oxygen atoms in total. The molecule has 0 aliphatic heterocycles. The Morgan fingerprint density at radius 3 is 1.58 bits per heavy atom. The molecule has 0 aromatic carbocycles. The Labute approximate surface area is 399 Å². The summed E-state index contributed by atoms with van der Waals surface area (Å²) in [5.74, 6) is 2.54. The van der Waals surface area contributed by atoms with Crippen LogP contribution in [0.5, 0.6) is 0 Å². The van der Waals surface area contributed by atoms with Crippen LogP contribution in [0.3, 0.4) is 0 Å². The number of thiol groups is 2. The van der Waals surface area contributed by atoms with Crippen LogP contribution in [0.15, 0.2) is 11.6 Å². The van der Waals surface area contributed by atoms with Crippen LogP contribution in [0.25, 0.3) is 0 Å². The molecule has 0 aromatic rings. The van der Waals surface area contributed by atoms with Crippen molar-refractivity contribution in [1.29, 1.82) is 0 Å². The van der Waals surface area contributed by atoms with Crippen molar-refractivity contribution in [2.75, 3.05) is 0 Å². The molecular formula is C31H56O2S20. The molecule has 0 amide bonds. The smallest absolute Gasteiger partial charge is 0.0654 e. The minimum atomic E-state index is -0.706. The van der Waals surface area contributed by atoms with Gasteiger partial charge in [0.15, 0.2) is 0 Å². The van der Waals surface area contributed by atoms with Gasteiger partial charge < -0.3 is 10.2 Å². The van der Waals surface area contributed by atoms with Crippen LogP contribution in [-0.2, 0) is 0 Å². The van der Waals surface area contributed by atoms with Crippen LogP contribution < -0.4 is 0 Å². The van der Waals surface area contributed by atoms with Crippen molar-refractivity contribution in [2.24, 2.45) is 51.2 Å². The molecular weight excluding hydrogens is 1050 g/mol. The monoisotopic (exact) mass is 1100 g/mol. The van der Waals surface area contributed by atoms with Gasteiger partial charge in [0.1, 0.15) is 0 Å². The maximum Gasteiger partial charge on any atom is 0.0654 e. The number of aliphatic hydroxyl groups excluding tert-OH is 1. The zero-order valence-electron chi connectivity index (χ0n) is 31.5. The molecule has 53 heavy (non-hydrogen) atoms. The van der Waals surface area contributed by atoms with Crippen LogP contribution in [0.4, 0.5) is 0 Å². The number of hydrogen-bond donors (Lipinski definition) is 4. The number of rotatable bonds is 21. The van der Waals surface area contributed by atoms with Gasteiger partial charge in [-0.2, -0.15) is 0 Å². The third kappa shape index (κ3) is 15.1. The first-order chi connectivity index (χ1) is 25.0. The lowest BCUT2D eigenvalue weighted by molar-refractivity contribution is -0.240. The number of allylic oxidation sites excluding steroid dienone is 2. The van der Waals surface area contributed by atoms with E-state index in [4.69, 9.17) is 0 Å². The van der Waals surface area contributed by atoms with E-state index in [2.05, 4.69) is 91.7 Å². The lowest BCUT2D eigenvalue weighted by Gasteiger charge is -2.70. The normalized spacial score (nSPS) is 35.6. The van der Waals surface area contributed by atoms with Gasteiger partial charge in [0.25, 0.3) is 0 Å². The van der Waals surface area contributed by atoms with Gasteiger partial charge in [-0.25, -0.2) is 0 Å². The third-order valence-electron chi connectivity index (χ3n) is 13.4. The van der Waals surface area contributed by atoms with Gasteiger partial charge in [0.05, 0.1) is 11.7 Å². The molecule has 4 rings (SSSR count). The number of aliphatic hydroxyl groups is 2. The van der Waals surface area contributed by atoms with E-state index in [-0.39, 0.29) is 28.8 Å². The van der Waals surface area contributed by atoms with Gasteiger partial charge in [-0.3, -0.25) is 0 Å². The standard InChI is InChI=1S/C31H54O2.H2S20/c1-20(2)11-10-15-31(9,33)22-13-17-30(8)26(22)23(32)19-25-28(6)16-12-21(3)27(4,5)24(28)14-18-29(25,30)7;1-3-5-7-9-11-13-15-17-19-20-18-16-14-12-10-8-6-4-2/h11,21-26,32-33H,10,12-19H2,1-9H3;1-2H/t21?,22?,23?,24?,25?,26?,28?,29?,30-,31+;/m1./s1. The lowest BCUT2D eigenvalue weighted by atomic mass is 9.34. The summed E-state index contributed by atoms with van der Waals surface area (Å²) in [6, 6.07) is 0. The summed E-state index contributed by atoms with van der Waals surface area (Å²) in [6.45, 7) is 21.6. The molecule has 2 N–H and O–H groups in total. The van der Waals surface area contributed by atoms with E-state index >= 15 is 0 Å². The molecule has 0 saturated heterocycles. The third-order valence-corrected chi connectivity index (χ3v) is 51.6. The summed E-state index contributed by atoms with van der Waals surface area (Å²) >= 11 is 8.09. The molecule has 22 heteroatoms. The van der Waals surface area contributed by atoms with Crippen molar-refractivity contribution >= 4 is 200 Å². The maximum atomic E-state index is 11.8. The van der Waals surface area contributed by atoms with Gasteiger partial charge in [-0.15, -0.1) is 0 Å². The first-order valence-electron chi connectivity index (χ1n) is 17.3. The molecule has 312 valence electrons. The predicted octanol–water partition coefficient (Wildman–Crippen LogP) is 20.2. The molecule has 0 spiro atoms. The second-order valence-corrected chi connectivity index (χ2v) is 48.3. The second kappa shape index (κ2) is 26.6. The van der Waals surface area contributed by atoms with Crippen molar-refractivity contribution in [3.63, 3.8) is 0 Å². The fourth-order valence-corrected chi connectivity index (χ4v) is 55.1. The van der Waals surface area contributed by atoms with E-state index in [1.807, 2.05) is 19.7 Å². The van der Waals surface area contributed by atoms with E-state index in [1.54, 1.807) is 138 Å². The van der Waals surface area contributed by atoms with Crippen molar-refractivity contribution in [3.05, 3.63) is 11.6 Å². The first kappa shape index (κ1) is 54.0. The van der Waals surface area contributed by atoms with E-state index in [9.17, 15) is 10.2 Å². The first-order valence-corrected chi connectivity index (χ1v) is 42.9. The van der Waals surface area contributed by atoms with Gasteiger partial charge in [0.2, 0.25) is 0 Å². The maximum absolute atomic E-state index is 11.8. The average molecular weight is 1100 g/mol. The van der Waals surface area contributed by atoms with Gasteiger partial charge in [0, 0.05) is 19.7 Å². The van der Waals surface area contributed by atoms with Crippen LogP contribution in [0.1, 0.15) is 120 Å². The van der Waals surface area contributed by atoms with E-state index in [1.165, 1.54) is 50.9 Å². The van der Waals surface area contributed by atoms with Crippen molar-refractivity contribution in [3.8, 4) is 0 Å². The fourth-order valence-electron chi connectivity index (χ4n) is 10.7. The summed E-state index contributed by atoms with van der Waals surface area (Å²) in [5, 5.41) is 23.5. The molecule has 0 aromatic heterocycles. The quantitative estimate of drug-likeness (QED) is 0.0381. The number of fused-ring (bicyclic) bond motifs is 5. The summed E-state index contributed by atoms with van der Waals surface area (Å²) in [4.78, 5) is 0. The Morgan fingerprint density at radius 1 is 0.679 bits per heavy atom. The highest BCUT2D eigenvalue weighted by Crippen LogP contribution is 2.76. The molecule has 8 unspecified atom stereocenters.